The van der Waals surface area contributed by atoms with Crippen LogP contribution in [0, 0.1) is 0 Å². The number of aliphatic imine (C=N–C) groups is 1. The Labute approximate surface area is 191 Å². The van der Waals surface area contributed by atoms with E-state index in [2.05, 4.69) is 119 Å². The van der Waals surface area contributed by atoms with Crippen molar-refractivity contribution in [1.82, 2.24) is 9.47 Å². The van der Waals surface area contributed by atoms with E-state index in [1.807, 2.05) is 6.20 Å². The van der Waals surface area contributed by atoms with Crippen LogP contribution in [0.2, 0.25) is 0 Å². The minimum Gasteiger partial charge on any atom is -0.307 e. The van der Waals surface area contributed by atoms with Gasteiger partial charge in [-0.25, -0.2) is 4.99 Å². The summed E-state index contributed by atoms with van der Waals surface area (Å²) in [7, 11) is 0. The minimum absolute atomic E-state index is 0.788. The molecule has 0 radical (unpaired) electrons. The predicted octanol–water partition coefficient (Wildman–Crippen LogP) is 6.96. The van der Waals surface area contributed by atoms with Gasteiger partial charge in [0.25, 0.3) is 0 Å². The highest BCUT2D eigenvalue weighted by atomic mass is 15.3. The van der Waals surface area contributed by atoms with Gasteiger partial charge in [0.15, 0.2) is 0 Å². The third-order valence-electron chi connectivity index (χ3n) is 6.64. The average molecular weight is 424 g/mol. The Morgan fingerprint density at radius 2 is 1.48 bits per heavy atom. The van der Waals surface area contributed by atoms with Crippen LogP contribution >= 0.6 is 0 Å². The van der Waals surface area contributed by atoms with Gasteiger partial charge >= 0.3 is 0 Å². The maximum absolute atomic E-state index is 5.06. The summed E-state index contributed by atoms with van der Waals surface area (Å²) < 4.78 is 2.32. The van der Waals surface area contributed by atoms with Gasteiger partial charge in [0, 0.05) is 29.1 Å². The molecule has 0 fully saturated rings. The SMILES string of the molecule is C1=CCN2C(=C1)C(c1ccccc1)=CN=C2n1c2ccccc2c2c3ccccc3ccc21. The van der Waals surface area contributed by atoms with Crippen molar-refractivity contribution in [3.8, 4) is 0 Å². The Morgan fingerprint density at radius 1 is 0.697 bits per heavy atom. The number of nitrogens with zero attached hydrogens (tertiary/aromatic N) is 3. The summed E-state index contributed by atoms with van der Waals surface area (Å²) >= 11 is 0. The first kappa shape index (κ1) is 18.2. The summed E-state index contributed by atoms with van der Waals surface area (Å²) in [5.74, 6) is 0.937. The molecule has 1 aromatic heterocycles. The standard InChI is InChI=1S/C30H21N3/c1-2-10-21(11-3-1)25-20-31-30(32-19-9-8-15-26(25)32)33-27-16-7-6-14-24(27)29-23-13-5-4-12-22(23)17-18-28(29)33/h1-18,20H,19H2. The number of fused-ring (bicyclic) bond motifs is 6. The second-order valence-electron chi connectivity index (χ2n) is 8.46. The smallest absolute Gasteiger partial charge is 0.215 e. The maximum atomic E-state index is 5.06. The van der Waals surface area contributed by atoms with E-state index in [9.17, 15) is 0 Å². The van der Waals surface area contributed by atoms with Crippen molar-refractivity contribution in [3.05, 3.63) is 127 Å². The number of benzene rings is 4. The number of hydrogen-bond acceptors (Lipinski definition) is 2. The zero-order chi connectivity index (χ0) is 21.8. The lowest BCUT2D eigenvalue weighted by Crippen LogP contribution is -2.38. The van der Waals surface area contributed by atoms with Crippen molar-refractivity contribution in [2.75, 3.05) is 6.54 Å². The lowest BCUT2D eigenvalue weighted by molar-refractivity contribution is 0.562. The van der Waals surface area contributed by atoms with Crippen LogP contribution in [0.25, 0.3) is 38.2 Å². The van der Waals surface area contributed by atoms with E-state index in [0.717, 1.165) is 18.1 Å². The van der Waals surface area contributed by atoms with E-state index in [4.69, 9.17) is 4.99 Å². The van der Waals surface area contributed by atoms with Crippen molar-refractivity contribution in [2.24, 2.45) is 4.99 Å². The molecular formula is C30H21N3. The molecule has 0 N–H and O–H groups in total. The molecule has 0 saturated heterocycles. The molecule has 4 aromatic carbocycles. The Bertz CT molecular complexity index is 1680. The first-order chi connectivity index (χ1) is 16.4. The van der Waals surface area contributed by atoms with Crippen LogP contribution in [0.15, 0.2) is 126 Å². The molecule has 2 aliphatic heterocycles. The Hall–Kier alpha value is -4.37. The fraction of sp³-hybridized carbons (Fsp3) is 0.0333. The molecule has 5 aromatic rings. The molecule has 3 heteroatoms. The highest BCUT2D eigenvalue weighted by molar-refractivity contribution is 6.23. The number of hydrogen-bond donors (Lipinski definition) is 0. The Morgan fingerprint density at radius 3 is 2.39 bits per heavy atom. The molecule has 3 heterocycles. The number of rotatable bonds is 1. The average Bonchev–Trinajstić information content (AvgIpc) is 3.23. The summed E-state index contributed by atoms with van der Waals surface area (Å²) in [5.41, 5.74) is 5.86. The molecule has 0 saturated carbocycles. The Balaban J connectivity index is 1.55. The number of aromatic nitrogens is 1. The lowest BCUT2D eigenvalue weighted by atomic mass is 10.00. The van der Waals surface area contributed by atoms with E-state index in [1.165, 1.54) is 43.8 Å². The molecule has 0 aliphatic carbocycles. The Kier molecular flexibility index (Phi) is 3.91. The van der Waals surface area contributed by atoms with Crippen molar-refractivity contribution in [2.45, 2.75) is 0 Å². The lowest BCUT2D eigenvalue weighted by Gasteiger charge is -2.34. The third kappa shape index (κ3) is 2.66. The summed E-state index contributed by atoms with van der Waals surface area (Å²) in [5, 5.41) is 5.06. The van der Waals surface area contributed by atoms with Crippen molar-refractivity contribution >= 4 is 44.1 Å². The van der Waals surface area contributed by atoms with E-state index >= 15 is 0 Å². The molecule has 156 valence electrons. The van der Waals surface area contributed by atoms with Gasteiger partial charge in [0.2, 0.25) is 5.96 Å². The third-order valence-corrected chi connectivity index (χ3v) is 6.64. The van der Waals surface area contributed by atoms with Gasteiger partial charge in [-0.2, -0.15) is 0 Å². The van der Waals surface area contributed by atoms with E-state index in [1.54, 1.807) is 0 Å². The normalized spacial score (nSPS) is 15.5. The van der Waals surface area contributed by atoms with Gasteiger partial charge in [-0.15, -0.1) is 0 Å². The van der Waals surface area contributed by atoms with E-state index in [0.29, 0.717) is 0 Å². The van der Waals surface area contributed by atoms with Crippen LogP contribution in [0.1, 0.15) is 5.56 Å². The first-order valence-corrected chi connectivity index (χ1v) is 11.3. The largest absolute Gasteiger partial charge is 0.307 e. The zero-order valence-corrected chi connectivity index (χ0v) is 18.0. The topological polar surface area (TPSA) is 20.5 Å². The molecule has 0 spiro atoms. The summed E-state index contributed by atoms with van der Waals surface area (Å²) in [6.45, 7) is 0.788. The summed E-state index contributed by atoms with van der Waals surface area (Å²) in [6, 6.07) is 32.3. The highest BCUT2D eigenvalue weighted by Gasteiger charge is 2.28. The van der Waals surface area contributed by atoms with Crippen LogP contribution in [-0.4, -0.2) is 22.0 Å². The van der Waals surface area contributed by atoms with Crippen molar-refractivity contribution < 1.29 is 0 Å². The fourth-order valence-corrected chi connectivity index (χ4v) is 5.17. The molecule has 2 aliphatic rings. The minimum atomic E-state index is 0.788. The van der Waals surface area contributed by atoms with E-state index in [-0.39, 0.29) is 0 Å². The van der Waals surface area contributed by atoms with Crippen molar-refractivity contribution in [3.63, 3.8) is 0 Å². The van der Waals surface area contributed by atoms with Crippen LogP contribution in [0.3, 0.4) is 0 Å². The van der Waals surface area contributed by atoms with Crippen molar-refractivity contribution in [1.29, 1.82) is 0 Å². The van der Waals surface area contributed by atoms with Gasteiger partial charge < -0.3 is 4.90 Å². The summed E-state index contributed by atoms with van der Waals surface area (Å²) in [6.07, 6.45) is 8.55. The molecule has 0 amide bonds. The van der Waals surface area contributed by atoms with E-state index < -0.39 is 0 Å². The van der Waals surface area contributed by atoms with Gasteiger partial charge in [0.1, 0.15) is 0 Å². The quantitative estimate of drug-likeness (QED) is 0.285. The number of allylic oxidation sites excluding steroid dienone is 3. The molecule has 3 nitrogen and oxygen atoms in total. The highest BCUT2D eigenvalue weighted by Crippen LogP contribution is 2.38. The molecule has 0 unspecified atom stereocenters. The fourth-order valence-electron chi connectivity index (χ4n) is 5.17. The van der Waals surface area contributed by atoms with Gasteiger partial charge in [-0.1, -0.05) is 91.0 Å². The molecule has 33 heavy (non-hydrogen) atoms. The molecule has 0 bridgehead atoms. The maximum Gasteiger partial charge on any atom is 0.215 e. The second kappa shape index (κ2) is 7.07. The molecule has 0 atom stereocenters. The van der Waals surface area contributed by atoms with Crippen LogP contribution < -0.4 is 0 Å². The van der Waals surface area contributed by atoms with Gasteiger partial charge in [-0.3, -0.25) is 4.57 Å². The first-order valence-electron chi connectivity index (χ1n) is 11.3. The van der Waals surface area contributed by atoms with Crippen LogP contribution in [-0.2, 0) is 0 Å². The predicted molar refractivity (Wildman–Crippen MR) is 138 cm³/mol. The number of para-hydroxylation sites is 1. The molecule has 7 rings (SSSR count). The van der Waals surface area contributed by atoms with Crippen LogP contribution in [0.4, 0.5) is 0 Å². The van der Waals surface area contributed by atoms with Crippen LogP contribution in [0.5, 0.6) is 0 Å². The van der Waals surface area contributed by atoms with Gasteiger partial charge in [-0.05, 0) is 34.5 Å². The van der Waals surface area contributed by atoms with Gasteiger partial charge in [0.05, 0.1) is 16.7 Å². The second-order valence-corrected chi connectivity index (χ2v) is 8.46. The molecular weight excluding hydrogens is 402 g/mol. The summed E-state index contributed by atoms with van der Waals surface area (Å²) in [4.78, 5) is 7.39. The zero-order valence-electron chi connectivity index (χ0n) is 18.0. The monoisotopic (exact) mass is 423 g/mol.